The maximum Gasteiger partial charge on any atom is 0.0424 e. The highest BCUT2D eigenvalue weighted by Crippen LogP contribution is 2.15. The zero-order valence-corrected chi connectivity index (χ0v) is 11.8. The standard InChI is InChI=1S/C15H25N3/c1-12-4-6-14(7-5-12)15(16)11-18-9-8-17(3)13(2)10-18/h4-7,13,15H,8-11,16H2,1-3H3. The van der Waals surface area contributed by atoms with Crippen molar-refractivity contribution in [1.82, 2.24) is 9.80 Å². The summed E-state index contributed by atoms with van der Waals surface area (Å²) in [5.74, 6) is 0. The van der Waals surface area contributed by atoms with Crippen molar-refractivity contribution >= 4 is 0 Å². The van der Waals surface area contributed by atoms with E-state index in [1.807, 2.05) is 0 Å². The van der Waals surface area contributed by atoms with Crippen LogP contribution in [0.2, 0.25) is 0 Å². The quantitative estimate of drug-likeness (QED) is 0.881. The molecule has 2 rings (SSSR count). The van der Waals surface area contributed by atoms with Gasteiger partial charge in [-0.05, 0) is 26.5 Å². The summed E-state index contributed by atoms with van der Waals surface area (Å²) in [6.07, 6.45) is 0. The summed E-state index contributed by atoms with van der Waals surface area (Å²) in [7, 11) is 2.20. The molecule has 3 heteroatoms. The summed E-state index contributed by atoms with van der Waals surface area (Å²) in [5.41, 5.74) is 8.83. The molecule has 1 aromatic rings. The Hall–Kier alpha value is -0.900. The van der Waals surface area contributed by atoms with E-state index in [-0.39, 0.29) is 6.04 Å². The van der Waals surface area contributed by atoms with Crippen molar-refractivity contribution in [1.29, 1.82) is 0 Å². The molecule has 2 unspecified atom stereocenters. The summed E-state index contributed by atoms with van der Waals surface area (Å²) in [6, 6.07) is 9.34. The predicted molar refractivity (Wildman–Crippen MR) is 76.6 cm³/mol. The molecule has 3 nitrogen and oxygen atoms in total. The summed E-state index contributed by atoms with van der Waals surface area (Å²) < 4.78 is 0. The van der Waals surface area contributed by atoms with Gasteiger partial charge in [-0.15, -0.1) is 0 Å². The van der Waals surface area contributed by atoms with E-state index < -0.39 is 0 Å². The van der Waals surface area contributed by atoms with Crippen LogP contribution in [0, 0.1) is 6.92 Å². The van der Waals surface area contributed by atoms with Crippen LogP contribution in [0.5, 0.6) is 0 Å². The Morgan fingerprint density at radius 3 is 2.56 bits per heavy atom. The molecule has 0 radical (unpaired) electrons. The lowest BCUT2D eigenvalue weighted by molar-refractivity contribution is 0.100. The largest absolute Gasteiger partial charge is 0.323 e. The normalized spacial score (nSPS) is 24.1. The fraction of sp³-hybridized carbons (Fsp3) is 0.600. The first-order chi connectivity index (χ1) is 8.56. The Morgan fingerprint density at radius 2 is 1.94 bits per heavy atom. The number of nitrogens with two attached hydrogens (primary N) is 1. The van der Waals surface area contributed by atoms with Crippen LogP contribution in [0.15, 0.2) is 24.3 Å². The van der Waals surface area contributed by atoms with Gasteiger partial charge in [0.05, 0.1) is 0 Å². The van der Waals surface area contributed by atoms with Gasteiger partial charge in [-0.2, -0.15) is 0 Å². The van der Waals surface area contributed by atoms with Gasteiger partial charge < -0.3 is 10.6 Å². The Balaban J connectivity index is 1.91. The highest BCUT2D eigenvalue weighted by atomic mass is 15.3. The maximum absolute atomic E-state index is 6.30. The van der Waals surface area contributed by atoms with Gasteiger partial charge in [-0.3, -0.25) is 4.90 Å². The van der Waals surface area contributed by atoms with Crippen molar-refractivity contribution in [2.24, 2.45) is 5.73 Å². The van der Waals surface area contributed by atoms with Gasteiger partial charge in [0, 0.05) is 38.3 Å². The molecule has 1 heterocycles. The number of hydrogen-bond donors (Lipinski definition) is 1. The molecule has 1 saturated heterocycles. The number of piperazine rings is 1. The number of benzene rings is 1. The molecule has 2 N–H and O–H groups in total. The number of nitrogens with zero attached hydrogens (tertiary/aromatic N) is 2. The van der Waals surface area contributed by atoms with Crippen molar-refractivity contribution in [3.63, 3.8) is 0 Å². The minimum absolute atomic E-state index is 0.126. The van der Waals surface area contributed by atoms with Gasteiger partial charge in [-0.1, -0.05) is 29.8 Å². The number of hydrogen-bond acceptors (Lipinski definition) is 3. The first-order valence-corrected chi connectivity index (χ1v) is 6.81. The van der Waals surface area contributed by atoms with E-state index >= 15 is 0 Å². The predicted octanol–water partition coefficient (Wildman–Crippen LogP) is 1.63. The first-order valence-electron chi connectivity index (χ1n) is 6.81. The lowest BCUT2D eigenvalue weighted by atomic mass is 10.0. The van der Waals surface area contributed by atoms with Crippen LogP contribution >= 0.6 is 0 Å². The maximum atomic E-state index is 6.30. The Kier molecular flexibility index (Phi) is 4.38. The van der Waals surface area contributed by atoms with Crippen LogP contribution in [0.4, 0.5) is 0 Å². The van der Waals surface area contributed by atoms with Crippen LogP contribution in [-0.2, 0) is 0 Å². The monoisotopic (exact) mass is 247 g/mol. The molecule has 0 bridgehead atoms. The Bertz CT molecular complexity index is 374. The van der Waals surface area contributed by atoms with Crippen LogP contribution in [0.1, 0.15) is 24.1 Å². The summed E-state index contributed by atoms with van der Waals surface area (Å²) in [5, 5.41) is 0. The van der Waals surface area contributed by atoms with Crippen molar-refractivity contribution in [2.45, 2.75) is 25.9 Å². The fourth-order valence-electron chi connectivity index (χ4n) is 2.49. The highest BCUT2D eigenvalue weighted by Gasteiger charge is 2.22. The van der Waals surface area contributed by atoms with Gasteiger partial charge in [0.15, 0.2) is 0 Å². The smallest absolute Gasteiger partial charge is 0.0424 e. The minimum atomic E-state index is 0.126. The van der Waals surface area contributed by atoms with Crippen molar-refractivity contribution in [3.05, 3.63) is 35.4 Å². The first kappa shape index (κ1) is 13.5. The number of aryl methyl sites for hydroxylation is 1. The van der Waals surface area contributed by atoms with Gasteiger partial charge in [0.1, 0.15) is 0 Å². The van der Waals surface area contributed by atoms with E-state index in [1.165, 1.54) is 11.1 Å². The van der Waals surface area contributed by atoms with E-state index in [4.69, 9.17) is 5.73 Å². The lowest BCUT2D eigenvalue weighted by Crippen LogP contribution is -2.51. The molecule has 2 atom stereocenters. The molecule has 1 aliphatic heterocycles. The minimum Gasteiger partial charge on any atom is -0.323 e. The molecule has 18 heavy (non-hydrogen) atoms. The van der Waals surface area contributed by atoms with Crippen LogP contribution in [-0.4, -0.2) is 49.1 Å². The molecule has 0 aromatic heterocycles. The molecular weight excluding hydrogens is 222 g/mol. The zero-order chi connectivity index (χ0) is 13.1. The van der Waals surface area contributed by atoms with Crippen molar-refractivity contribution < 1.29 is 0 Å². The number of rotatable bonds is 3. The molecule has 0 spiro atoms. The molecule has 100 valence electrons. The molecule has 1 aromatic carbocycles. The van der Waals surface area contributed by atoms with Gasteiger partial charge in [0.2, 0.25) is 0 Å². The second-order valence-electron chi connectivity index (χ2n) is 5.61. The lowest BCUT2D eigenvalue weighted by Gasteiger charge is -2.38. The average Bonchev–Trinajstić information content (AvgIpc) is 2.34. The fourth-order valence-corrected chi connectivity index (χ4v) is 2.49. The molecule has 1 fully saturated rings. The topological polar surface area (TPSA) is 32.5 Å². The molecular formula is C15H25N3. The van der Waals surface area contributed by atoms with Gasteiger partial charge in [-0.25, -0.2) is 0 Å². The van der Waals surface area contributed by atoms with Crippen molar-refractivity contribution in [2.75, 3.05) is 33.2 Å². The molecule has 1 aliphatic rings. The van der Waals surface area contributed by atoms with E-state index in [2.05, 4.69) is 55.0 Å². The van der Waals surface area contributed by atoms with Crippen LogP contribution in [0.25, 0.3) is 0 Å². The van der Waals surface area contributed by atoms with E-state index in [0.29, 0.717) is 6.04 Å². The third-order valence-electron chi connectivity index (χ3n) is 4.00. The van der Waals surface area contributed by atoms with Gasteiger partial charge >= 0.3 is 0 Å². The summed E-state index contributed by atoms with van der Waals surface area (Å²) >= 11 is 0. The third-order valence-corrected chi connectivity index (χ3v) is 4.00. The van der Waals surface area contributed by atoms with Crippen LogP contribution < -0.4 is 5.73 Å². The summed E-state index contributed by atoms with van der Waals surface area (Å²) in [4.78, 5) is 4.89. The Morgan fingerprint density at radius 1 is 1.28 bits per heavy atom. The molecule has 0 aliphatic carbocycles. The average molecular weight is 247 g/mol. The van der Waals surface area contributed by atoms with E-state index in [0.717, 1.165) is 26.2 Å². The van der Waals surface area contributed by atoms with Crippen molar-refractivity contribution in [3.8, 4) is 0 Å². The zero-order valence-electron chi connectivity index (χ0n) is 11.8. The second kappa shape index (κ2) is 5.83. The Labute approximate surface area is 111 Å². The SMILES string of the molecule is Cc1ccc(C(N)CN2CCN(C)C(C)C2)cc1. The second-order valence-corrected chi connectivity index (χ2v) is 5.61. The third kappa shape index (κ3) is 3.31. The highest BCUT2D eigenvalue weighted by molar-refractivity contribution is 5.24. The van der Waals surface area contributed by atoms with Gasteiger partial charge in [0.25, 0.3) is 0 Å². The molecule has 0 saturated carbocycles. The van der Waals surface area contributed by atoms with E-state index in [9.17, 15) is 0 Å². The van der Waals surface area contributed by atoms with E-state index in [1.54, 1.807) is 0 Å². The molecule has 0 amide bonds. The van der Waals surface area contributed by atoms with Crippen LogP contribution in [0.3, 0.4) is 0 Å². The number of likely N-dealkylation sites (N-methyl/N-ethyl adjacent to an activating group) is 1. The summed E-state index contributed by atoms with van der Waals surface area (Å²) in [6.45, 7) is 8.74.